The summed E-state index contributed by atoms with van der Waals surface area (Å²) in [6.45, 7) is 9.98. The maximum absolute atomic E-state index is 12.1. The number of halogens is 1. The molecule has 1 aromatic carbocycles. The Hall–Kier alpha value is -1.01. The predicted octanol–water partition coefficient (Wildman–Crippen LogP) is 4.97. The standard InChI is InChI=1S/C17H28BrNO3Si/c1-13(15-11-14(18)7-8-16(15)21-3)12-19(2)17(20)22-9-10-23(4,5)6/h7-8,11,13H,9-10,12H2,1-6H3/t13-/m0/s1. The number of methoxy groups -OCH3 is 1. The molecule has 0 radical (unpaired) electrons. The molecule has 0 aliphatic carbocycles. The van der Waals surface area contributed by atoms with Crippen molar-refractivity contribution < 1.29 is 14.3 Å². The van der Waals surface area contributed by atoms with Gasteiger partial charge in [-0.1, -0.05) is 42.5 Å². The van der Waals surface area contributed by atoms with Crippen LogP contribution in [-0.4, -0.2) is 46.4 Å². The zero-order chi connectivity index (χ0) is 17.6. The first-order valence-corrected chi connectivity index (χ1v) is 12.4. The molecule has 0 spiro atoms. The second-order valence-corrected chi connectivity index (χ2v) is 13.6. The van der Waals surface area contributed by atoms with Gasteiger partial charge in [0.15, 0.2) is 0 Å². The maximum Gasteiger partial charge on any atom is 0.409 e. The van der Waals surface area contributed by atoms with E-state index in [0.717, 1.165) is 21.8 Å². The minimum Gasteiger partial charge on any atom is -0.496 e. The van der Waals surface area contributed by atoms with Crippen molar-refractivity contribution in [3.63, 3.8) is 0 Å². The van der Waals surface area contributed by atoms with Crippen LogP contribution < -0.4 is 4.74 Å². The van der Waals surface area contributed by atoms with Crippen LogP contribution in [0.1, 0.15) is 18.4 Å². The highest BCUT2D eigenvalue weighted by Gasteiger charge is 2.19. The molecule has 6 heteroatoms. The SMILES string of the molecule is COc1ccc(Br)cc1[C@@H](C)CN(C)C(=O)OCC[Si](C)(C)C. The lowest BCUT2D eigenvalue weighted by Crippen LogP contribution is -2.32. The molecule has 4 nitrogen and oxygen atoms in total. The van der Waals surface area contributed by atoms with Gasteiger partial charge in [0, 0.05) is 32.1 Å². The Kier molecular flexibility index (Phi) is 7.60. The molecule has 0 saturated heterocycles. The maximum atomic E-state index is 12.1. The molecule has 0 saturated carbocycles. The Morgan fingerprint density at radius 2 is 2.00 bits per heavy atom. The molecule has 1 rings (SSSR count). The largest absolute Gasteiger partial charge is 0.496 e. The van der Waals surface area contributed by atoms with Crippen molar-refractivity contribution >= 4 is 30.1 Å². The highest BCUT2D eigenvalue weighted by Crippen LogP contribution is 2.30. The summed E-state index contributed by atoms with van der Waals surface area (Å²) in [6, 6.07) is 6.90. The molecule has 0 unspecified atom stereocenters. The summed E-state index contributed by atoms with van der Waals surface area (Å²) in [5.74, 6) is 0.984. The van der Waals surface area contributed by atoms with Crippen molar-refractivity contribution in [3.8, 4) is 5.75 Å². The van der Waals surface area contributed by atoms with E-state index in [1.807, 2.05) is 18.2 Å². The molecule has 0 fully saturated rings. The second-order valence-electron chi connectivity index (χ2n) is 7.09. The van der Waals surface area contributed by atoms with Crippen LogP contribution in [0.3, 0.4) is 0 Å². The first-order valence-electron chi connectivity index (χ1n) is 7.85. The van der Waals surface area contributed by atoms with Crippen LogP contribution in [0, 0.1) is 0 Å². The van der Waals surface area contributed by atoms with Crippen LogP contribution in [0.15, 0.2) is 22.7 Å². The topological polar surface area (TPSA) is 38.8 Å². The van der Waals surface area contributed by atoms with Gasteiger partial charge in [-0.2, -0.15) is 0 Å². The van der Waals surface area contributed by atoms with Crippen LogP contribution in [0.25, 0.3) is 0 Å². The van der Waals surface area contributed by atoms with Gasteiger partial charge < -0.3 is 14.4 Å². The van der Waals surface area contributed by atoms with Gasteiger partial charge in [0.2, 0.25) is 0 Å². The molecule has 1 aromatic rings. The molecule has 1 atom stereocenters. The third-order valence-electron chi connectivity index (χ3n) is 3.66. The van der Waals surface area contributed by atoms with Crippen LogP contribution >= 0.6 is 15.9 Å². The molecule has 0 heterocycles. The number of amides is 1. The van der Waals surface area contributed by atoms with Crippen LogP contribution in [-0.2, 0) is 4.74 Å². The second kappa shape index (κ2) is 8.73. The predicted molar refractivity (Wildman–Crippen MR) is 101 cm³/mol. The van der Waals surface area contributed by atoms with Crippen molar-refractivity contribution in [2.24, 2.45) is 0 Å². The molecule has 23 heavy (non-hydrogen) atoms. The minimum absolute atomic E-state index is 0.150. The molecule has 130 valence electrons. The minimum atomic E-state index is -1.18. The summed E-state index contributed by atoms with van der Waals surface area (Å²) in [7, 11) is 2.26. The van der Waals surface area contributed by atoms with Crippen LogP contribution in [0.4, 0.5) is 4.79 Å². The Bertz CT molecular complexity index is 531. The number of carbonyl (C=O) groups excluding carboxylic acids is 1. The number of hydrogen-bond acceptors (Lipinski definition) is 3. The zero-order valence-electron chi connectivity index (χ0n) is 15.0. The Morgan fingerprint density at radius 1 is 1.35 bits per heavy atom. The number of rotatable bonds is 7. The van der Waals surface area contributed by atoms with Gasteiger partial charge in [-0.3, -0.25) is 0 Å². The number of hydrogen-bond donors (Lipinski definition) is 0. The number of carbonyl (C=O) groups is 1. The fourth-order valence-corrected chi connectivity index (χ4v) is 3.32. The molecular weight excluding hydrogens is 374 g/mol. The summed E-state index contributed by atoms with van der Waals surface area (Å²) in [5.41, 5.74) is 1.07. The van der Waals surface area contributed by atoms with Crippen molar-refractivity contribution in [2.75, 3.05) is 27.3 Å². The van der Waals surface area contributed by atoms with E-state index in [9.17, 15) is 4.79 Å². The fraction of sp³-hybridized carbons (Fsp3) is 0.588. The van der Waals surface area contributed by atoms with Gasteiger partial charge in [0.25, 0.3) is 0 Å². The summed E-state index contributed by atoms with van der Waals surface area (Å²) >= 11 is 3.48. The number of ether oxygens (including phenoxy) is 2. The highest BCUT2D eigenvalue weighted by atomic mass is 79.9. The number of nitrogens with zero attached hydrogens (tertiary/aromatic N) is 1. The fourth-order valence-electron chi connectivity index (χ4n) is 2.23. The summed E-state index contributed by atoms with van der Waals surface area (Å²) < 4.78 is 11.8. The van der Waals surface area contributed by atoms with Gasteiger partial charge in [-0.15, -0.1) is 0 Å². The monoisotopic (exact) mass is 401 g/mol. The Balaban J connectivity index is 2.61. The van der Waals surface area contributed by atoms with E-state index in [4.69, 9.17) is 9.47 Å². The molecular formula is C17H28BrNO3Si. The third-order valence-corrected chi connectivity index (χ3v) is 5.86. The van der Waals surface area contributed by atoms with E-state index < -0.39 is 8.07 Å². The molecule has 0 aliphatic rings. The van der Waals surface area contributed by atoms with Crippen molar-refractivity contribution in [1.82, 2.24) is 4.90 Å². The molecule has 0 N–H and O–H groups in total. The smallest absolute Gasteiger partial charge is 0.409 e. The van der Waals surface area contributed by atoms with E-state index in [0.29, 0.717) is 13.2 Å². The van der Waals surface area contributed by atoms with Gasteiger partial charge in [-0.05, 0) is 29.8 Å². The van der Waals surface area contributed by atoms with E-state index in [-0.39, 0.29) is 12.0 Å². The van der Waals surface area contributed by atoms with Crippen LogP contribution in [0.5, 0.6) is 5.75 Å². The number of benzene rings is 1. The molecule has 1 amide bonds. The zero-order valence-corrected chi connectivity index (χ0v) is 17.6. The van der Waals surface area contributed by atoms with Gasteiger partial charge in [0.05, 0.1) is 13.7 Å². The lowest BCUT2D eigenvalue weighted by Gasteiger charge is -2.23. The molecule has 0 aromatic heterocycles. The van der Waals surface area contributed by atoms with Gasteiger partial charge >= 0.3 is 6.09 Å². The van der Waals surface area contributed by atoms with Gasteiger partial charge in [-0.25, -0.2) is 4.79 Å². The normalized spacial score (nSPS) is 12.7. The lowest BCUT2D eigenvalue weighted by molar-refractivity contribution is 0.114. The average Bonchev–Trinajstić information content (AvgIpc) is 2.45. The molecule has 0 bridgehead atoms. The summed E-state index contributed by atoms with van der Waals surface area (Å²) in [4.78, 5) is 13.7. The average molecular weight is 402 g/mol. The van der Waals surface area contributed by atoms with E-state index in [2.05, 4.69) is 42.5 Å². The van der Waals surface area contributed by atoms with Crippen molar-refractivity contribution in [3.05, 3.63) is 28.2 Å². The summed E-state index contributed by atoms with van der Waals surface area (Å²) in [5, 5.41) is 0. The Labute approximate surface area is 149 Å². The van der Waals surface area contributed by atoms with Crippen LogP contribution in [0.2, 0.25) is 25.7 Å². The quantitative estimate of drug-likeness (QED) is 0.605. The molecule has 0 aliphatic heterocycles. The van der Waals surface area contributed by atoms with E-state index in [1.165, 1.54) is 0 Å². The van der Waals surface area contributed by atoms with Crippen molar-refractivity contribution in [2.45, 2.75) is 38.5 Å². The van der Waals surface area contributed by atoms with Gasteiger partial charge in [0.1, 0.15) is 5.75 Å². The summed E-state index contributed by atoms with van der Waals surface area (Å²) in [6.07, 6.45) is -0.260. The lowest BCUT2D eigenvalue weighted by atomic mass is 10.00. The van der Waals surface area contributed by atoms with E-state index >= 15 is 0 Å². The highest BCUT2D eigenvalue weighted by molar-refractivity contribution is 9.10. The van der Waals surface area contributed by atoms with Crippen molar-refractivity contribution in [1.29, 1.82) is 0 Å². The first kappa shape index (κ1) is 20.0. The Morgan fingerprint density at radius 3 is 2.57 bits per heavy atom. The first-order chi connectivity index (χ1) is 10.6. The van der Waals surface area contributed by atoms with E-state index in [1.54, 1.807) is 19.1 Å². The third kappa shape index (κ3) is 6.95. The number of likely N-dealkylation sites (N-methyl/N-ethyl adjacent to an activating group) is 1.